The zero-order chi connectivity index (χ0) is 25.8. The molecule has 3 aromatic rings. The van der Waals surface area contributed by atoms with Gasteiger partial charge in [-0.25, -0.2) is 13.5 Å². The maximum atomic E-state index is 13.9. The topological polar surface area (TPSA) is 113 Å². The van der Waals surface area contributed by atoms with Crippen molar-refractivity contribution in [3.8, 4) is 0 Å². The quantitative estimate of drug-likeness (QED) is 0.526. The number of hydrazine groups is 1. The Labute approximate surface area is 205 Å². The molecule has 0 saturated carbocycles. The lowest BCUT2D eigenvalue weighted by atomic mass is 9.95. The van der Waals surface area contributed by atoms with Crippen molar-refractivity contribution in [2.45, 2.75) is 32.7 Å². The van der Waals surface area contributed by atoms with E-state index in [2.05, 4.69) is 16.0 Å². The number of nitrogens with zero attached hydrogens (tertiary/aromatic N) is 3. The fourth-order valence-electron chi connectivity index (χ4n) is 4.22. The highest BCUT2D eigenvalue weighted by molar-refractivity contribution is 6.05. The number of fused-ring (bicyclic) bond motifs is 1. The van der Waals surface area contributed by atoms with Crippen LogP contribution in [0.1, 0.15) is 47.0 Å². The van der Waals surface area contributed by atoms with E-state index >= 15 is 0 Å². The van der Waals surface area contributed by atoms with E-state index in [1.165, 1.54) is 9.58 Å². The second kappa shape index (κ2) is 10.6. The smallest absolute Gasteiger partial charge is 0.290 e. The molecule has 0 spiro atoms. The summed E-state index contributed by atoms with van der Waals surface area (Å²) in [6.07, 6.45) is 1.26. The molecule has 1 aliphatic heterocycles. The number of aryl methyl sites for hydroxylation is 1. The lowest BCUT2D eigenvalue weighted by molar-refractivity contribution is -0.127. The summed E-state index contributed by atoms with van der Waals surface area (Å²) in [5.74, 6) is -3.85. The molecule has 0 atom stereocenters. The summed E-state index contributed by atoms with van der Waals surface area (Å²) < 4.78 is 28.3. The lowest BCUT2D eigenvalue weighted by Gasteiger charge is -2.31. The monoisotopic (exact) mass is 497 g/mol. The number of aromatic nitrogens is 2. The van der Waals surface area contributed by atoms with E-state index < -0.39 is 35.3 Å². The van der Waals surface area contributed by atoms with Crippen LogP contribution in [0.25, 0.3) is 10.8 Å². The Hall–Kier alpha value is -4.15. The Morgan fingerprint density at radius 3 is 2.39 bits per heavy atom. The molecule has 4 rings (SSSR count). The maximum absolute atomic E-state index is 13.9. The minimum atomic E-state index is -0.936. The number of carbonyl (C=O) groups excluding carboxylic acids is 3. The van der Waals surface area contributed by atoms with E-state index in [1.54, 1.807) is 24.3 Å². The second-order valence-corrected chi connectivity index (χ2v) is 8.56. The van der Waals surface area contributed by atoms with E-state index in [9.17, 15) is 28.0 Å². The SMILES string of the molecule is CCCn1nc(C(=O)NNC(=O)C2CCN(C(=O)c3ccc(F)cc3F)CC2)c2ccccc2c1=O. The van der Waals surface area contributed by atoms with Gasteiger partial charge in [0, 0.05) is 37.0 Å². The number of nitrogens with one attached hydrogen (secondary N) is 2. The van der Waals surface area contributed by atoms with E-state index in [4.69, 9.17) is 0 Å². The molecule has 188 valence electrons. The normalized spacial score (nSPS) is 14.0. The zero-order valence-corrected chi connectivity index (χ0v) is 19.6. The molecule has 9 nitrogen and oxygen atoms in total. The van der Waals surface area contributed by atoms with Crippen LogP contribution in [0.4, 0.5) is 8.78 Å². The molecule has 0 unspecified atom stereocenters. The van der Waals surface area contributed by atoms with Crippen molar-refractivity contribution in [1.82, 2.24) is 25.5 Å². The average molecular weight is 498 g/mol. The highest BCUT2D eigenvalue weighted by atomic mass is 19.1. The fraction of sp³-hybridized carbons (Fsp3) is 0.320. The molecule has 0 bridgehead atoms. The van der Waals surface area contributed by atoms with Gasteiger partial charge in [-0.2, -0.15) is 5.10 Å². The van der Waals surface area contributed by atoms with Gasteiger partial charge in [-0.1, -0.05) is 25.1 Å². The van der Waals surface area contributed by atoms with Crippen LogP contribution >= 0.6 is 0 Å². The van der Waals surface area contributed by atoms with E-state index in [0.29, 0.717) is 42.6 Å². The largest absolute Gasteiger partial charge is 0.339 e. The van der Waals surface area contributed by atoms with Gasteiger partial charge in [0.2, 0.25) is 5.91 Å². The Morgan fingerprint density at radius 1 is 1.03 bits per heavy atom. The number of hydrogen-bond acceptors (Lipinski definition) is 5. The Balaban J connectivity index is 1.38. The molecular formula is C25H25F2N5O4. The van der Waals surface area contributed by atoms with Crippen LogP contribution in [0.2, 0.25) is 0 Å². The van der Waals surface area contributed by atoms with Crippen molar-refractivity contribution in [1.29, 1.82) is 0 Å². The van der Waals surface area contributed by atoms with Gasteiger partial charge in [0.05, 0.1) is 10.9 Å². The minimum absolute atomic E-state index is 0.0145. The predicted molar refractivity (Wildman–Crippen MR) is 127 cm³/mol. The predicted octanol–water partition coefficient (Wildman–Crippen LogP) is 2.40. The number of likely N-dealkylation sites (tertiary alicyclic amines) is 1. The van der Waals surface area contributed by atoms with Crippen molar-refractivity contribution < 1.29 is 23.2 Å². The van der Waals surface area contributed by atoms with Crippen LogP contribution in [0, 0.1) is 17.6 Å². The third-order valence-electron chi connectivity index (χ3n) is 6.13. The highest BCUT2D eigenvalue weighted by Gasteiger charge is 2.29. The number of benzene rings is 2. The first-order valence-corrected chi connectivity index (χ1v) is 11.6. The van der Waals surface area contributed by atoms with Crippen LogP contribution in [0.5, 0.6) is 0 Å². The van der Waals surface area contributed by atoms with Gasteiger partial charge in [0.1, 0.15) is 11.6 Å². The molecule has 1 aliphatic rings. The number of hydrogen-bond donors (Lipinski definition) is 2. The standard InChI is InChI=1S/C25H25F2N5O4/c1-2-11-32-25(36)18-6-4-3-5-17(18)21(30-32)23(34)29-28-22(33)15-9-12-31(13-10-15)24(35)19-8-7-16(26)14-20(19)27/h3-8,14-15H,2,9-13H2,1H3,(H,28,33)(H,29,34). The maximum Gasteiger partial charge on any atom is 0.290 e. The molecule has 2 heterocycles. The molecule has 11 heteroatoms. The van der Waals surface area contributed by atoms with Gasteiger partial charge in [-0.15, -0.1) is 0 Å². The van der Waals surface area contributed by atoms with Gasteiger partial charge in [0.25, 0.3) is 17.4 Å². The summed E-state index contributed by atoms with van der Waals surface area (Å²) in [4.78, 5) is 52.1. The van der Waals surface area contributed by atoms with Crippen molar-refractivity contribution in [2.24, 2.45) is 5.92 Å². The van der Waals surface area contributed by atoms with E-state index in [-0.39, 0.29) is 29.9 Å². The average Bonchev–Trinajstić information content (AvgIpc) is 2.88. The minimum Gasteiger partial charge on any atom is -0.339 e. The van der Waals surface area contributed by atoms with Gasteiger partial charge >= 0.3 is 0 Å². The zero-order valence-electron chi connectivity index (χ0n) is 19.6. The molecule has 36 heavy (non-hydrogen) atoms. The molecule has 0 aliphatic carbocycles. The Kier molecular flexibility index (Phi) is 7.37. The number of carbonyl (C=O) groups is 3. The number of amides is 3. The van der Waals surface area contributed by atoms with Crippen LogP contribution < -0.4 is 16.4 Å². The number of rotatable bonds is 5. The van der Waals surface area contributed by atoms with Gasteiger partial charge in [-0.3, -0.25) is 30.0 Å². The summed E-state index contributed by atoms with van der Waals surface area (Å²) in [6, 6.07) is 9.40. The first-order chi connectivity index (χ1) is 17.3. The second-order valence-electron chi connectivity index (χ2n) is 8.56. The Morgan fingerprint density at radius 2 is 1.72 bits per heavy atom. The van der Waals surface area contributed by atoms with Crippen LogP contribution in [0.15, 0.2) is 47.3 Å². The van der Waals surface area contributed by atoms with Crippen molar-refractivity contribution in [3.05, 3.63) is 75.7 Å². The van der Waals surface area contributed by atoms with Crippen LogP contribution in [-0.2, 0) is 11.3 Å². The molecule has 2 N–H and O–H groups in total. The molecular weight excluding hydrogens is 472 g/mol. The van der Waals surface area contributed by atoms with Crippen molar-refractivity contribution in [2.75, 3.05) is 13.1 Å². The summed E-state index contributed by atoms with van der Waals surface area (Å²) in [5, 5.41) is 4.92. The summed E-state index contributed by atoms with van der Waals surface area (Å²) >= 11 is 0. The summed E-state index contributed by atoms with van der Waals surface area (Å²) in [5.41, 5.74) is 4.26. The Bertz CT molecular complexity index is 1380. The summed E-state index contributed by atoms with van der Waals surface area (Å²) in [7, 11) is 0. The third-order valence-corrected chi connectivity index (χ3v) is 6.13. The van der Waals surface area contributed by atoms with E-state index in [1.807, 2.05) is 6.92 Å². The van der Waals surface area contributed by atoms with Gasteiger partial charge in [0.15, 0.2) is 5.69 Å². The molecule has 3 amide bonds. The molecule has 1 fully saturated rings. The van der Waals surface area contributed by atoms with Crippen molar-refractivity contribution >= 4 is 28.5 Å². The van der Waals surface area contributed by atoms with E-state index in [0.717, 1.165) is 12.1 Å². The van der Waals surface area contributed by atoms with Crippen LogP contribution in [0.3, 0.4) is 0 Å². The number of piperidine rings is 1. The first-order valence-electron chi connectivity index (χ1n) is 11.6. The van der Waals surface area contributed by atoms with Crippen LogP contribution in [-0.4, -0.2) is 45.5 Å². The third kappa shape index (κ3) is 5.09. The molecule has 1 aromatic heterocycles. The molecule has 0 radical (unpaired) electrons. The lowest BCUT2D eigenvalue weighted by Crippen LogP contribution is -2.48. The summed E-state index contributed by atoms with van der Waals surface area (Å²) in [6.45, 7) is 2.64. The highest BCUT2D eigenvalue weighted by Crippen LogP contribution is 2.21. The number of halogens is 2. The molecule has 2 aromatic carbocycles. The fourth-order valence-corrected chi connectivity index (χ4v) is 4.22. The first kappa shape index (κ1) is 25.0. The van der Waals surface area contributed by atoms with Crippen molar-refractivity contribution in [3.63, 3.8) is 0 Å². The van der Waals surface area contributed by atoms with Gasteiger partial charge in [-0.05, 0) is 37.5 Å². The van der Waals surface area contributed by atoms with Gasteiger partial charge < -0.3 is 4.90 Å². The molecule has 1 saturated heterocycles.